The van der Waals surface area contributed by atoms with Crippen molar-refractivity contribution in [2.24, 2.45) is 5.92 Å². The van der Waals surface area contributed by atoms with E-state index in [1.54, 1.807) is 0 Å². The monoisotopic (exact) mass is 178 g/mol. The number of hydrogen-bond donors (Lipinski definition) is 0. The minimum Gasteiger partial charge on any atom is -0.269 e. The summed E-state index contributed by atoms with van der Waals surface area (Å²) in [7, 11) is 0. The molecule has 0 spiro atoms. The highest BCUT2D eigenvalue weighted by Crippen LogP contribution is 2.31. The van der Waals surface area contributed by atoms with Crippen LogP contribution >= 0.6 is 0 Å². The molecule has 1 fully saturated rings. The molecule has 1 aliphatic carbocycles. The van der Waals surface area contributed by atoms with E-state index in [1.807, 2.05) is 6.20 Å². The third kappa shape index (κ3) is 1.93. The normalized spacial score (nSPS) is 29.1. The van der Waals surface area contributed by atoms with Crippen LogP contribution in [0, 0.1) is 12.8 Å². The average molecular weight is 178 g/mol. The Morgan fingerprint density at radius 3 is 2.54 bits per heavy atom. The van der Waals surface area contributed by atoms with Crippen LogP contribution in [0.25, 0.3) is 0 Å². The van der Waals surface area contributed by atoms with Crippen molar-refractivity contribution < 1.29 is 0 Å². The Kier molecular flexibility index (Phi) is 2.38. The lowest BCUT2D eigenvalue weighted by Crippen LogP contribution is -2.16. The minimum atomic E-state index is 0.671. The van der Waals surface area contributed by atoms with Crippen molar-refractivity contribution in [3.05, 3.63) is 18.0 Å². The molecule has 0 bridgehead atoms. The highest BCUT2D eigenvalue weighted by Gasteiger charge is 2.19. The van der Waals surface area contributed by atoms with E-state index in [-0.39, 0.29) is 0 Å². The van der Waals surface area contributed by atoms with E-state index in [0.29, 0.717) is 6.04 Å². The van der Waals surface area contributed by atoms with Gasteiger partial charge in [0.15, 0.2) is 0 Å². The summed E-state index contributed by atoms with van der Waals surface area (Å²) in [5.41, 5.74) is 1.28. The second-order valence-corrected chi connectivity index (χ2v) is 4.41. The molecule has 1 aliphatic rings. The van der Waals surface area contributed by atoms with E-state index in [2.05, 4.69) is 29.8 Å². The van der Waals surface area contributed by atoms with Crippen molar-refractivity contribution in [3.8, 4) is 0 Å². The Morgan fingerprint density at radius 1 is 1.31 bits per heavy atom. The molecule has 0 atom stereocenters. The second kappa shape index (κ2) is 3.52. The minimum absolute atomic E-state index is 0.671. The molecule has 0 aromatic carbocycles. The van der Waals surface area contributed by atoms with Gasteiger partial charge in [-0.25, -0.2) is 0 Å². The van der Waals surface area contributed by atoms with Crippen LogP contribution in [0.5, 0.6) is 0 Å². The molecule has 2 rings (SSSR count). The summed E-state index contributed by atoms with van der Waals surface area (Å²) in [5.74, 6) is 0.924. The fourth-order valence-electron chi connectivity index (χ4n) is 2.14. The van der Waals surface area contributed by atoms with Gasteiger partial charge in [0.1, 0.15) is 0 Å². The smallest absolute Gasteiger partial charge is 0.0519 e. The molecule has 1 aromatic rings. The Balaban J connectivity index is 2.02. The maximum absolute atomic E-state index is 4.38. The zero-order chi connectivity index (χ0) is 9.26. The van der Waals surface area contributed by atoms with Crippen LogP contribution in [-0.2, 0) is 0 Å². The lowest BCUT2D eigenvalue weighted by atomic mass is 9.87. The Bertz CT molecular complexity index is 269. The number of hydrogen-bond acceptors (Lipinski definition) is 1. The van der Waals surface area contributed by atoms with Crippen LogP contribution < -0.4 is 0 Å². The highest BCUT2D eigenvalue weighted by atomic mass is 15.3. The molecule has 0 radical (unpaired) electrons. The molecule has 2 nitrogen and oxygen atoms in total. The molecule has 1 saturated carbocycles. The topological polar surface area (TPSA) is 17.8 Å². The first-order valence-electron chi connectivity index (χ1n) is 5.26. The fourth-order valence-corrected chi connectivity index (χ4v) is 2.14. The maximum atomic E-state index is 4.38. The second-order valence-electron chi connectivity index (χ2n) is 4.41. The van der Waals surface area contributed by atoms with Gasteiger partial charge in [0.25, 0.3) is 0 Å². The van der Waals surface area contributed by atoms with Crippen LogP contribution in [0.3, 0.4) is 0 Å². The fraction of sp³-hybridized carbons (Fsp3) is 0.727. The maximum Gasteiger partial charge on any atom is 0.0519 e. The summed E-state index contributed by atoms with van der Waals surface area (Å²) in [5, 5.41) is 4.38. The Hall–Kier alpha value is -0.790. The first kappa shape index (κ1) is 8.79. The summed E-state index contributed by atoms with van der Waals surface area (Å²) in [4.78, 5) is 0. The van der Waals surface area contributed by atoms with Crippen LogP contribution in [0.2, 0.25) is 0 Å². The van der Waals surface area contributed by atoms with Gasteiger partial charge in [0, 0.05) is 6.20 Å². The van der Waals surface area contributed by atoms with Crippen molar-refractivity contribution in [1.82, 2.24) is 9.78 Å². The summed E-state index contributed by atoms with van der Waals surface area (Å²) < 4.78 is 2.15. The largest absolute Gasteiger partial charge is 0.269 e. The number of aromatic nitrogens is 2. The summed E-state index contributed by atoms with van der Waals surface area (Å²) in [6.45, 7) is 4.46. The third-order valence-electron chi connectivity index (χ3n) is 3.09. The number of aryl methyl sites for hydroxylation is 1. The van der Waals surface area contributed by atoms with Gasteiger partial charge in [0.05, 0.1) is 12.2 Å². The van der Waals surface area contributed by atoms with E-state index < -0.39 is 0 Å². The van der Waals surface area contributed by atoms with E-state index in [4.69, 9.17) is 0 Å². The summed E-state index contributed by atoms with van der Waals surface area (Å²) >= 11 is 0. The first-order valence-corrected chi connectivity index (χ1v) is 5.26. The van der Waals surface area contributed by atoms with E-state index >= 15 is 0 Å². The van der Waals surface area contributed by atoms with Crippen LogP contribution in [0.15, 0.2) is 12.4 Å². The Labute approximate surface area is 80.0 Å². The van der Waals surface area contributed by atoms with E-state index in [1.165, 1.54) is 31.2 Å². The van der Waals surface area contributed by atoms with E-state index in [9.17, 15) is 0 Å². The molecule has 0 unspecified atom stereocenters. The molecule has 0 N–H and O–H groups in total. The molecule has 13 heavy (non-hydrogen) atoms. The van der Waals surface area contributed by atoms with Crippen LogP contribution in [0.4, 0.5) is 0 Å². The van der Waals surface area contributed by atoms with Gasteiger partial charge in [-0.15, -0.1) is 0 Å². The van der Waals surface area contributed by atoms with Crippen LogP contribution in [0.1, 0.15) is 44.2 Å². The van der Waals surface area contributed by atoms with Crippen molar-refractivity contribution in [3.63, 3.8) is 0 Å². The van der Waals surface area contributed by atoms with Gasteiger partial charge in [-0.05, 0) is 44.1 Å². The van der Waals surface area contributed by atoms with Gasteiger partial charge < -0.3 is 0 Å². The highest BCUT2D eigenvalue weighted by molar-refractivity contribution is 5.00. The van der Waals surface area contributed by atoms with Gasteiger partial charge >= 0.3 is 0 Å². The average Bonchev–Trinajstić information content (AvgIpc) is 2.53. The predicted molar refractivity (Wildman–Crippen MR) is 53.6 cm³/mol. The molecule has 72 valence electrons. The van der Waals surface area contributed by atoms with Crippen molar-refractivity contribution in [2.75, 3.05) is 0 Å². The molecular formula is C11H18N2. The molecule has 1 aromatic heterocycles. The third-order valence-corrected chi connectivity index (χ3v) is 3.09. The first-order chi connectivity index (χ1) is 6.25. The zero-order valence-electron chi connectivity index (χ0n) is 8.53. The summed E-state index contributed by atoms with van der Waals surface area (Å²) in [6.07, 6.45) is 9.47. The molecule has 0 saturated heterocycles. The molecule has 1 heterocycles. The van der Waals surface area contributed by atoms with E-state index in [0.717, 1.165) is 5.92 Å². The van der Waals surface area contributed by atoms with Gasteiger partial charge in [0.2, 0.25) is 0 Å². The molecular weight excluding hydrogens is 160 g/mol. The molecule has 0 amide bonds. The van der Waals surface area contributed by atoms with Crippen molar-refractivity contribution in [1.29, 1.82) is 0 Å². The predicted octanol–water partition coefficient (Wildman–Crippen LogP) is 2.94. The molecule has 0 aliphatic heterocycles. The lowest BCUT2D eigenvalue weighted by Gasteiger charge is -2.26. The Morgan fingerprint density at radius 2 is 2.00 bits per heavy atom. The van der Waals surface area contributed by atoms with Gasteiger partial charge in [-0.3, -0.25) is 4.68 Å². The number of nitrogens with zero attached hydrogens (tertiary/aromatic N) is 2. The molecule has 2 heteroatoms. The quantitative estimate of drug-likeness (QED) is 0.646. The number of rotatable bonds is 1. The van der Waals surface area contributed by atoms with Crippen LogP contribution in [-0.4, -0.2) is 9.78 Å². The lowest BCUT2D eigenvalue weighted by molar-refractivity contribution is 0.274. The SMILES string of the molecule is Cc1cnn(C2CCC(C)CC2)c1. The zero-order valence-corrected chi connectivity index (χ0v) is 8.53. The summed E-state index contributed by atoms with van der Waals surface area (Å²) in [6, 6.07) is 0.671. The van der Waals surface area contributed by atoms with Crippen molar-refractivity contribution in [2.45, 2.75) is 45.6 Å². The van der Waals surface area contributed by atoms with Crippen molar-refractivity contribution >= 4 is 0 Å². The van der Waals surface area contributed by atoms with Gasteiger partial charge in [-0.2, -0.15) is 5.10 Å². The standard InChI is InChI=1S/C11H18N2/c1-9-3-5-11(6-4-9)13-8-10(2)7-12-13/h7-9,11H,3-6H2,1-2H3. The van der Waals surface area contributed by atoms with Gasteiger partial charge in [-0.1, -0.05) is 6.92 Å².